The van der Waals surface area contributed by atoms with Gasteiger partial charge in [0, 0.05) is 12.6 Å². The van der Waals surface area contributed by atoms with E-state index in [-0.39, 0.29) is 0 Å². The number of ether oxygens (including phenoxy) is 1. The number of hydrogen-bond donors (Lipinski definition) is 2. The van der Waals surface area contributed by atoms with Crippen molar-refractivity contribution in [3.8, 4) is 0 Å². The van der Waals surface area contributed by atoms with Crippen LogP contribution >= 0.6 is 0 Å². The average molecular weight is 214 g/mol. The lowest BCUT2D eigenvalue weighted by molar-refractivity contribution is 0.0338. The summed E-state index contributed by atoms with van der Waals surface area (Å²) < 4.78 is 5.82. The Hall–Kier alpha value is -0.120. The van der Waals surface area contributed by atoms with Gasteiger partial charge in [0.1, 0.15) is 0 Å². The van der Waals surface area contributed by atoms with Crippen molar-refractivity contribution >= 4 is 0 Å². The summed E-state index contributed by atoms with van der Waals surface area (Å²) in [5.74, 6) is 0. The molecule has 15 heavy (non-hydrogen) atoms. The van der Waals surface area contributed by atoms with Gasteiger partial charge in [-0.2, -0.15) is 0 Å². The molecule has 90 valence electrons. The lowest BCUT2D eigenvalue weighted by atomic mass is 10.1. The number of rotatable bonds is 7. The molecular weight excluding hydrogens is 188 g/mol. The summed E-state index contributed by atoms with van der Waals surface area (Å²) in [4.78, 5) is 0. The van der Waals surface area contributed by atoms with Gasteiger partial charge in [-0.15, -0.1) is 0 Å². The standard InChI is InChI=1S/C12H26N2O/c1-3-11(4-2)14-9-10-15-12-5-7-13-8-6-12/h11-14H,3-10H2,1-2H3. The molecule has 3 nitrogen and oxygen atoms in total. The van der Waals surface area contributed by atoms with E-state index in [9.17, 15) is 0 Å². The second-order valence-corrected chi connectivity index (χ2v) is 4.29. The zero-order chi connectivity index (χ0) is 10.9. The fourth-order valence-corrected chi connectivity index (χ4v) is 2.03. The monoisotopic (exact) mass is 214 g/mol. The van der Waals surface area contributed by atoms with Gasteiger partial charge in [0.15, 0.2) is 0 Å². The van der Waals surface area contributed by atoms with Crippen molar-refractivity contribution < 1.29 is 4.74 Å². The Kier molecular flexibility index (Phi) is 6.98. The van der Waals surface area contributed by atoms with Crippen LogP contribution in [0.2, 0.25) is 0 Å². The Labute approximate surface area is 94.0 Å². The first-order valence-electron chi connectivity index (χ1n) is 6.42. The van der Waals surface area contributed by atoms with Gasteiger partial charge in [0.05, 0.1) is 12.7 Å². The minimum Gasteiger partial charge on any atom is -0.377 e. The quantitative estimate of drug-likeness (QED) is 0.631. The van der Waals surface area contributed by atoms with E-state index in [4.69, 9.17) is 4.74 Å². The molecule has 0 saturated carbocycles. The van der Waals surface area contributed by atoms with Crippen LogP contribution in [0.1, 0.15) is 39.5 Å². The first kappa shape index (κ1) is 12.9. The zero-order valence-electron chi connectivity index (χ0n) is 10.2. The molecular formula is C12H26N2O. The van der Waals surface area contributed by atoms with Crippen molar-refractivity contribution in [2.45, 2.75) is 51.7 Å². The molecule has 0 spiro atoms. The van der Waals surface area contributed by atoms with Crippen LogP contribution in [0.3, 0.4) is 0 Å². The van der Waals surface area contributed by atoms with E-state index in [2.05, 4.69) is 24.5 Å². The van der Waals surface area contributed by atoms with E-state index in [1.807, 2.05) is 0 Å². The van der Waals surface area contributed by atoms with Crippen LogP contribution in [-0.4, -0.2) is 38.4 Å². The molecule has 0 bridgehead atoms. The maximum Gasteiger partial charge on any atom is 0.0600 e. The smallest absolute Gasteiger partial charge is 0.0600 e. The molecule has 0 aromatic rings. The molecule has 1 aliphatic heterocycles. The van der Waals surface area contributed by atoms with Gasteiger partial charge in [-0.25, -0.2) is 0 Å². The van der Waals surface area contributed by atoms with E-state index < -0.39 is 0 Å². The van der Waals surface area contributed by atoms with Crippen LogP contribution in [0.15, 0.2) is 0 Å². The third-order valence-corrected chi connectivity index (χ3v) is 3.16. The molecule has 0 radical (unpaired) electrons. The molecule has 0 amide bonds. The lowest BCUT2D eigenvalue weighted by Crippen LogP contribution is -2.35. The summed E-state index contributed by atoms with van der Waals surface area (Å²) in [6.45, 7) is 8.55. The minimum absolute atomic E-state index is 0.495. The molecule has 1 rings (SSSR count). The highest BCUT2D eigenvalue weighted by molar-refractivity contribution is 4.68. The van der Waals surface area contributed by atoms with E-state index >= 15 is 0 Å². The van der Waals surface area contributed by atoms with Gasteiger partial charge >= 0.3 is 0 Å². The molecule has 0 aromatic carbocycles. The van der Waals surface area contributed by atoms with Gasteiger partial charge < -0.3 is 15.4 Å². The molecule has 0 atom stereocenters. The molecule has 0 aromatic heterocycles. The first-order chi connectivity index (χ1) is 7.36. The van der Waals surface area contributed by atoms with Crippen molar-refractivity contribution in [2.75, 3.05) is 26.2 Å². The predicted molar refractivity (Wildman–Crippen MR) is 64.2 cm³/mol. The molecule has 1 aliphatic rings. The zero-order valence-corrected chi connectivity index (χ0v) is 10.2. The number of nitrogens with one attached hydrogen (secondary N) is 2. The summed E-state index contributed by atoms with van der Waals surface area (Å²) in [6, 6.07) is 0.668. The third-order valence-electron chi connectivity index (χ3n) is 3.16. The van der Waals surface area contributed by atoms with Gasteiger partial charge in [-0.05, 0) is 38.8 Å². The predicted octanol–water partition coefficient (Wildman–Crippen LogP) is 1.53. The molecule has 1 saturated heterocycles. The fraction of sp³-hybridized carbons (Fsp3) is 1.00. The van der Waals surface area contributed by atoms with E-state index in [1.165, 1.54) is 25.7 Å². The van der Waals surface area contributed by atoms with Crippen molar-refractivity contribution in [1.29, 1.82) is 0 Å². The largest absolute Gasteiger partial charge is 0.377 e. The van der Waals surface area contributed by atoms with Crippen LogP contribution in [-0.2, 0) is 4.74 Å². The van der Waals surface area contributed by atoms with Crippen molar-refractivity contribution in [3.63, 3.8) is 0 Å². The van der Waals surface area contributed by atoms with Crippen LogP contribution in [0, 0.1) is 0 Å². The first-order valence-corrected chi connectivity index (χ1v) is 6.42. The van der Waals surface area contributed by atoms with Crippen molar-refractivity contribution in [1.82, 2.24) is 10.6 Å². The highest BCUT2D eigenvalue weighted by atomic mass is 16.5. The number of hydrogen-bond acceptors (Lipinski definition) is 3. The van der Waals surface area contributed by atoms with Crippen molar-refractivity contribution in [3.05, 3.63) is 0 Å². The van der Waals surface area contributed by atoms with Gasteiger partial charge in [0.2, 0.25) is 0 Å². The Morgan fingerprint density at radius 3 is 2.53 bits per heavy atom. The molecule has 1 fully saturated rings. The summed E-state index contributed by atoms with van der Waals surface area (Å²) in [5.41, 5.74) is 0. The van der Waals surface area contributed by atoms with Crippen molar-refractivity contribution in [2.24, 2.45) is 0 Å². The summed E-state index contributed by atoms with van der Waals surface area (Å²) in [5, 5.41) is 6.86. The Morgan fingerprint density at radius 1 is 1.27 bits per heavy atom. The minimum atomic E-state index is 0.495. The second kappa shape index (κ2) is 8.08. The molecule has 2 N–H and O–H groups in total. The van der Waals surface area contributed by atoms with E-state index in [1.54, 1.807) is 0 Å². The third kappa shape index (κ3) is 5.50. The molecule has 3 heteroatoms. The molecule has 0 aliphatic carbocycles. The van der Waals surface area contributed by atoms with Crippen LogP contribution in [0.4, 0.5) is 0 Å². The Morgan fingerprint density at radius 2 is 1.93 bits per heavy atom. The van der Waals surface area contributed by atoms with Crippen LogP contribution in [0.25, 0.3) is 0 Å². The Balaban J connectivity index is 1.95. The summed E-state index contributed by atoms with van der Waals surface area (Å²) in [6.07, 6.45) is 5.26. The lowest BCUT2D eigenvalue weighted by Gasteiger charge is -2.23. The van der Waals surface area contributed by atoms with Gasteiger partial charge in [-0.3, -0.25) is 0 Å². The molecule has 1 heterocycles. The van der Waals surface area contributed by atoms with E-state index in [0.29, 0.717) is 12.1 Å². The van der Waals surface area contributed by atoms with E-state index in [0.717, 1.165) is 26.2 Å². The fourth-order valence-electron chi connectivity index (χ4n) is 2.03. The number of piperidine rings is 1. The Bertz CT molecular complexity index is 143. The molecule has 0 unspecified atom stereocenters. The van der Waals surface area contributed by atoms with Gasteiger partial charge in [-0.1, -0.05) is 13.8 Å². The average Bonchev–Trinajstić information content (AvgIpc) is 2.31. The van der Waals surface area contributed by atoms with Crippen LogP contribution < -0.4 is 10.6 Å². The van der Waals surface area contributed by atoms with Gasteiger partial charge in [0.25, 0.3) is 0 Å². The summed E-state index contributed by atoms with van der Waals surface area (Å²) in [7, 11) is 0. The topological polar surface area (TPSA) is 33.3 Å². The van der Waals surface area contributed by atoms with Crippen LogP contribution in [0.5, 0.6) is 0 Å². The SMILES string of the molecule is CCC(CC)NCCOC1CCNCC1. The summed E-state index contributed by atoms with van der Waals surface area (Å²) >= 11 is 0. The highest BCUT2D eigenvalue weighted by Crippen LogP contribution is 2.06. The maximum atomic E-state index is 5.82. The normalized spacial score (nSPS) is 18.6. The second-order valence-electron chi connectivity index (χ2n) is 4.29. The maximum absolute atomic E-state index is 5.82. The highest BCUT2D eigenvalue weighted by Gasteiger charge is 2.12.